The topological polar surface area (TPSA) is 64.4 Å². The zero-order chi connectivity index (χ0) is 10.7. The molecule has 3 atom stereocenters. The number of amides is 1. The average molecular weight is 210 g/mol. The van der Waals surface area contributed by atoms with Crippen LogP contribution in [-0.4, -0.2) is 31.2 Å². The fourth-order valence-corrected chi connectivity index (χ4v) is 2.07. The molecule has 0 aromatic heterocycles. The van der Waals surface area contributed by atoms with Crippen molar-refractivity contribution in [3.63, 3.8) is 0 Å². The molecule has 1 aliphatic heterocycles. The third-order valence-corrected chi connectivity index (χ3v) is 2.98. The van der Waals surface area contributed by atoms with Crippen molar-refractivity contribution in [3.8, 4) is 0 Å². The minimum Gasteiger partial charge on any atom is -0.376 e. The third kappa shape index (κ3) is 2.79. The molecule has 84 valence electrons. The molecule has 3 unspecified atom stereocenters. The Balaban J connectivity index is 1.70. The van der Waals surface area contributed by atoms with Crippen molar-refractivity contribution in [1.29, 1.82) is 0 Å². The van der Waals surface area contributed by atoms with Crippen LogP contribution < -0.4 is 11.1 Å². The number of nitrogens with one attached hydrogen (secondary N) is 1. The van der Waals surface area contributed by atoms with E-state index >= 15 is 0 Å². The van der Waals surface area contributed by atoms with Gasteiger partial charge < -0.3 is 15.8 Å². The summed E-state index contributed by atoms with van der Waals surface area (Å²) in [5, 5.41) is 2.92. The number of carbonyl (C=O) groups is 1. The predicted octanol–water partition coefficient (Wildman–Crippen LogP) is 0.185. The second-order valence-electron chi connectivity index (χ2n) is 4.27. The van der Waals surface area contributed by atoms with Gasteiger partial charge >= 0.3 is 0 Å². The normalized spacial score (nSPS) is 34.6. The first kappa shape index (κ1) is 10.6. The van der Waals surface area contributed by atoms with Crippen molar-refractivity contribution in [1.82, 2.24) is 5.32 Å². The van der Waals surface area contributed by atoms with E-state index in [2.05, 4.69) is 5.32 Å². The van der Waals surface area contributed by atoms with Crippen LogP contribution in [-0.2, 0) is 9.53 Å². The van der Waals surface area contributed by atoms with E-state index in [0.717, 1.165) is 25.9 Å². The lowest BCUT2D eigenvalue weighted by molar-refractivity contribution is -0.124. The summed E-state index contributed by atoms with van der Waals surface area (Å²) < 4.78 is 5.43. The molecule has 4 heteroatoms. The number of carbonyl (C=O) groups excluding carboxylic acids is 1. The van der Waals surface area contributed by atoms with Crippen LogP contribution in [0.2, 0.25) is 0 Å². The lowest BCUT2D eigenvalue weighted by Gasteiger charge is -2.13. The van der Waals surface area contributed by atoms with Crippen molar-refractivity contribution in [2.45, 2.75) is 31.4 Å². The Morgan fingerprint density at radius 1 is 1.53 bits per heavy atom. The molecule has 0 aromatic carbocycles. The smallest absolute Gasteiger partial charge is 0.227 e. The Labute approximate surface area is 89.9 Å². The molecule has 1 heterocycles. The molecule has 2 aliphatic rings. The molecule has 1 amide bonds. The molecule has 0 aromatic rings. The molecule has 15 heavy (non-hydrogen) atoms. The minimum absolute atomic E-state index is 0.0404. The standard InChI is InChI=1S/C11H18N2O2/c12-9-4-3-8(6-9)11(14)13-7-10-2-1-5-15-10/h3-4,8-10H,1-2,5-7,12H2,(H,13,14). The summed E-state index contributed by atoms with van der Waals surface area (Å²) in [6.45, 7) is 1.47. The Bertz CT molecular complexity index is 259. The van der Waals surface area contributed by atoms with E-state index in [9.17, 15) is 4.79 Å². The molecule has 0 bridgehead atoms. The summed E-state index contributed by atoms with van der Waals surface area (Å²) in [4.78, 5) is 11.7. The summed E-state index contributed by atoms with van der Waals surface area (Å²) >= 11 is 0. The van der Waals surface area contributed by atoms with Gasteiger partial charge in [-0.05, 0) is 19.3 Å². The van der Waals surface area contributed by atoms with E-state index in [0.29, 0.717) is 6.54 Å². The van der Waals surface area contributed by atoms with Gasteiger partial charge in [0.15, 0.2) is 0 Å². The van der Waals surface area contributed by atoms with Gasteiger partial charge in [-0.3, -0.25) is 4.79 Å². The van der Waals surface area contributed by atoms with Crippen LogP contribution in [0.4, 0.5) is 0 Å². The highest BCUT2D eigenvalue weighted by atomic mass is 16.5. The largest absolute Gasteiger partial charge is 0.376 e. The van der Waals surface area contributed by atoms with Crippen LogP contribution in [0, 0.1) is 5.92 Å². The molecule has 0 radical (unpaired) electrons. The van der Waals surface area contributed by atoms with Gasteiger partial charge in [-0.15, -0.1) is 0 Å². The highest BCUT2D eigenvalue weighted by Crippen LogP contribution is 2.16. The quantitative estimate of drug-likeness (QED) is 0.653. The van der Waals surface area contributed by atoms with E-state index in [1.807, 2.05) is 12.2 Å². The summed E-state index contributed by atoms with van der Waals surface area (Å²) in [7, 11) is 0. The molecule has 2 rings (SSSR count). The zero-order valence-electron chi connectivity index (χ0n) is 8.82. The van der Waals surface area contributed by atoms with Crippen molar-refractivity contribution in [2.24, 2.45) is 11.7 Å². The van der Waals surface area contributed by atoms with Crippen LogP contribution in [0.5, 0.6) is 0 Å². The van der Waals surface area contributed by atoms with Crippen molar-refractivity contribution < 1.29 is 9.53 Å². The molecule has 3 N–H and O–H groups in total. The van der Waals surface area contributed by atoms with Crippen molar-refractivity contribution in [3.05, 3.63) is 12.2 Å². The molecule has 1 aliphatic carbocycles. The monoisotopic (exact) mass is 210 g/mol. The van der Waals surface area contributed by atoms with Crippen LogP contribution in [0.3, 0.4) is 0 Å². The number of hydrogen-bond acceptors (Lipinski definition) is 3. The van der Waals surface area contributed by atoms with Gasteiger partial charge in [-0.25, -0.2) is 0 Å². The van der Waals surface area contributed by atoms with E-state index < -0.39 is 0 Å². The van der Waals surface area contributed by atoms with Crippen molar-refractivity contribution in [2.75, 3.05) is 13.2 Å². The first-order valence-electron chi connectivity index (χ1n) is 5.59. The van der Waals surface area contributed by atoms with Gasteiger partial charge in [0, 0.05) is 19.2 Å². The number of ether oxygens (including phenoxy) is 1. The fraction of sp³-hybridized carbons (Fsp3) is 0.727. The zero-order valence-corrected chi connectivity index (χ0v) is 8.82. The average Bonchev–Trinajstić information content (AvgIpc) is 2.84. The fourth-order valence-electron chi connectivity index (χ4n) is 2.07. The van der Waals surface area contributed by atoms with Gasteiger partial charge in [0.05, 0.1) is 12.0 Å². The van der Waals surface area contributed by atoms with Gasteiger partial charge in [0.25, 0.3) is 0 Å². The van der Waals surface area contributed by atoms with E-state index in [-0.39, 0.29) is 24.0 Å². The predicted molar refractivity (Wildman–Crippen MR) is 57.2 cm³/mol. The lowest BCUT2D eigenvalue weighted by Crippen LogP contribution is -2.36. The lowest BCUT2D eigenvalue weighted by atomic mass is 10.1. The number of hydrogen-bond donors (Lipinski definition) is 2. The summed E-state index contributed by atoms with van der Waals surface area (Å²) in [6, 6.07) is 0.0449. The van der Waals surface area contributed by atoms with Crippen LogP contribution in [0.25, 0.3) is 0 Å². The Morgan fingerprint density at radius 2 is 2.40 bits per heavy atom. The van der Waals surface area contributed by atoms with E-state index in [1.165, 1.54) is 0 Å². The van der Waals surface area contributed by atoms with Crippen LogP contribution in [0.15, 0.2) is 12.2 Å². The van der Waals surface area contributed by atoms with Gasteiger partial charge in [0.2, 0.25) is 5.91 Å². The molecule has 0 saturated carbocycles. The molecular weight excluding hydrogens is 192 g/mol. The second-order valence-corrected chi connectivity index (χ2v) is 4.27. The van der Waals surface area contributed by atoms with E-state index in [1.54, 1.807) is 0 Å². The maximum Gasteiger partial charge on any atom is 0.227 e. The molecule has 1 fully saturated rings. The third-order valence-electron chi connectivity index (χ3n) is 2.98. The molecule has 0 spiro atoms. The highest BCUT2D eigenvalue weighted by Gasteiger charge is 2.23. The van der Waals surface area contributed by atoms with Gasteiger partial charge in [0.1, 0.15) is 0 Å². The second kappa shape index (κ2) is 4.77. The highest BCUT2D eigenvalue weighted by molar-refractivity contribution is 5.81. The maximum absolute atomic E-state index is 11.7. The first-order chi connectivity index (χ1) is 7.25. The summed E-state index contributed by atoms with van der Waals surface area (Å²) in [5.41, 5.74) is 5.69. The van der Waals surface area contributed by atoms with Crippen molar-refractivity contribution >= 4 is 5.91 Å². The number of nitrogens with two attached hydrogens (primary N) is 1. The van der Waals surface area contributed by atoms with Crippen LogP contribution in [0.1, 0.15) is 19.3 Å². The Hall–Kier alpha value is -0.870. The SMILES string of the molecule is NC1C=CC(C(=O)NCC2CCCO2)C1. The minimum atomic E-state index is -0.0404. The Kier molecular flexibility index (Phi) is 3.38. The van der Waals surface area contributed by atoms with E-state index in [4.69, 9.17) is 10.5 Å². The summed E-state index contributed by atoms with van der Waals surface area (Å²) in [6.07, 6.45) is 6.91. The Morgan fingerprint density at radius 3 is 3.00 bits per heavy atom. The molecular formula is C11H18N2O2. The van der Waals surface area contributed by atoms with Gasteiger partial charge in [-0.2, -0.15) is 0 Å². The molecule has 1 saturated heterocycles. The summed E-state index contributed by atoms with van der Waals surface area (Å²) in [5.74, 6) is 0.0381. The molecule has 4 nitrogen and oxygen atoms in total. The van der Waals surface area contributed by atoms with Gasteiger partial charge in [-0.1, -0.05) is 12.2 Å². The number of rotatable bonds is 3. The first-order valence-corrected chi connectivity index (χ1v) is 5.59. The maximum atomic E-state index is 11.7. The van der Waals surface area contributed by atoms with Crippen LogP contribution >= 0.6 is 0 Å².